The Bertz CT molecular complexity index is 351. The van der Waals surface area contributed by atoms with Crippen molar-refractivity contribution in [3.63, 3.8) is 0 Å². The van der Waals surface area contributed by atoms with E-state index in [9.17, 15) is 9.90 Å². The number of esters is 1. The van der Waals surface area contributed by atoms with Gasteiger partial charge in [-0.15, -0.1) is 0 Å². The molecular formula is C12H15NO3. The number of hydrogen-bond acceptors (Lipinski definition) is 4. The van der Waals surface area contributed by atoms with Gasteiger partial charge in [-0.1, -0.05) is 43.0 Å². The highest BCUT2D eigenvalue weighted by Gasteiger charge is 2.25. The Hall–Kier alpha value is -1.65. The largest absolute Gasteiger partial charge is 0.459 e. The fraction of sp³-hybridized carbons (Fsp3) is 0.250. The second-order valence-electron chi connectivity index (χ2n) is 3.30. The molecule has 3 N–H and O–H groups in total. The van der Waals surface area contributed by atoms with Gasteiger partial charge >= 0.3 is 5.97 Å². The van der Waals surface area contributed by atoms with Crippen LogP contribution in [0.25, 0.3) is 0 Å². The van der Waals surface area contributed by atoms with Gasteiger partial charge in [0.05, 0.1) is 6.04 Å². The molecule has 0 heterocycles. The van der Waals surface area contributed by atoms with Crippen LogP contribution in [0, 0.1) is 0 Å². The van der Waals surface area contributed by atoms with Crippen LogP contribution >= 0.6 is 0 Å². The van der Waals surface area contributed by atoms with Crippen LogP contribution in [0.1, 0.15) is 11.6 Å². The molecule has 1 rings (SSSR count). The maximum Gasteiger partial charge on any atom is 0.337 e. The van der Waals surface area contributed by atoms with Crippen molar-refractivity contribution in [3.05, 3.63) is 48.6 Å². The number of aliphatic hydroxyl groups is 1. The van der Waals surface area contributed by atoms with Gasteiger partial charge in [-0.05, 0) is 5.56 Å². The van der Waals surface area contributed by atoms with Crippen molar-refractivity contribution < 1.29 is 14.6 Å². The molecule has 16 heavy (non-hydrogen) atoms. The van der Waals surface area contributed by atoms with Crippen LogP contribution in [0.2, 0.25) is 0 Å². The lowest BCUT2D eigenvalue weighted by atomic mass is 10.0. The summed E-state index contributed by atoms with van der Waals surface area (Å²) in [6.45, 7) is 3.47. The molecule has 0 amide bonds. The van der Waals surface area contributed by atoms with E-state index >= 15 is 0 Å². The average molecular weight is 221 g/mol. The van der Waals surface area contributed by atoms with Crippen LogP contribution in [0.3, 0.4) is 0 Å². The van der Waals surface area contributed by atoms with E-state index in [2.05, 4.69) is 6.58 Å². The van der Waals surface area contributed by atoms with Gasteiger partial charge in [0.25, 0.3) is 0 Å². The molecule has 86 valence electrons. The third-order valence-electron chi connectivity index (χ3n) is 2.11. The molecule has 1 aromatic rings. The smallest absolute Gasteiger partial charge is 0.337 e. The SMILES string of the molecule is C=CCOC(=O)C(O)C(N)c1ccccc1. The van der Waals surface area contributed by atoms with E-state index in [-0.39, 0.29) is 6.61 Å². The van der Waals surface area contributed by atoms with Crippen molar-refractivity contribution in [1.29, 1.82) is 0 Å². The van der Waals surface area contributed by atoms with Gasteiger partial charge in [0.1, 0.15) is 6.61 Å². The molecule has 4 heteroatoms. The Balaban J connectivity index is 2.63. The lowest BCUT2D eigenvalue weighted by Gasteiger charge is -2.17. The highest BCUT2D eigenvalue weighted by atomic mass is 16.5. The molecule has 2 atom stereocenters. The van der Waals surface area contributed by atoms with Crippen molar-refractivity contribution in [3.8, 4) is 0 Å². The standard InChI is InChI=1S/C12H15NO3/c1-2-8-16-12(15)11(14)10(13)9-6-4-3-5-7-9/h2-7,10-11,14H,1,8,13H2. The molecule has 0 fully saturated rings. The fourth-order valence-electron chi connectivity index (χ4n) is 1.23. The minimum absolute atomic E-state index is 0.0669. The third-order valence-corrected chi connectivity index (χ3v) is 2.11. The first-order valence-corrected chi connectivity index (χ1v) is 4.93. The number of carbonyl (C=O) groups excluding carboxylic acids is 1. The minimum Gasteiger partial charge on any atom is -0.459 e. The van der Waals surface area contributed by atoms with Crippen LogP contribution in [-0.2, 0) is 9.53 Å². The van der Waals surface area contributed by atoms with E-state index in [1.165, 1.54) is 6.08 Å². The molecule has 2 unspecified atom stereocenters. The number of ether oxygens (including phenoxy) is 1. The first kappa shape index (κ1) is 12.4. The van der Waals surface area contributed by atoms with Gasteiger partial charge in [-0.3, -0.25) is 0 Å². The predicted octanol–water partition coefficient (Wildman–Crippen LogP) is 0.776. The molecular weight excluding hydrogens is 206 g/mol. The van der Waals surface area contributed by atoms with Gasteiger partial charge in [-0.2, -0.15) is 0 Å². The Labute approximate surface area is 94.3 Å². The summed E-state index contributed by atoms with van der Waals surface area (Å²) in [5, 5.41) is 9.63. The normalized spacial score (nSPS) is 13.9. The average Bonchev–Trinajstić information content (AvgIpc) is 2.35. The summed E-state index contributed by atoms with van der Waals surface area (Å²) in [5.74, 6) is -0.740. The molecule has 0 radical (unpaired) electrons. The number of hydrogen-bond donors (Lipinski definition) is 2. The summed E-state index contributed by atoms with van der Waals surface area (Å²) < 4.78 is 4.71. The van der Waals surface area contributed by atoms with Gasteiger partial charge in [0.15, 0.2) is 6.10 Å². The van der Waals surface area contributed by atoms with Crippen molar-refractivity contribution in [2.24, 2.45) is 5.73 Å². The van der Waals surface area contributed by atoms with Crippen molar-refractivity contribution in [2.75, 3.05) is 6.61 Å². The topological polar surface area (TPSA) is 72.5 Å². The van der Waals surface area contributed by atoms with E-state index in [4.69, 9.17) is 10.5 Å². The van der Waals surface area contributed by atoms with Crippen LogP contribution in [0.15, 0.2) is 43.0 Å². The third kappa shape index (κ3) is 3.18. The Kier molecular flexibility index (Phi) is 4.69. The molecule has 4 nitrogen and oxygen atoms in total. The monoisotopic (exact) mass is 221 g/mol. The van der Waals surface area contributed by atoms with Crippen LogP contribution in [-0.4, -0.2) is 23.8 Å². The number of aliphatic hydroxyl groups excluding tert-OH is 1. The number of benzene rings is 1. The highest BCUT2D eigenvalue weighted by molar-refractivity contribution is 5.75. The summed E-state index contributed by atoms with van der Waals surface area (Å²) >= 11 is 0. The maximum absolute atomic E-state index is 11.3. The first-order chi connectivity index (χ1) is 7.66. The fourth-order valence-corrected chi connectivity index (χ4v) is 1.23. The predicted molar refractivity (Wildman–Crippen MR) is 60.5 cm³/mol. The van der Waals surface area contributed by atoms with E-state index < -0.39 is 18.1 Å². The zero-order chi connectivity index (χ0) is 12.0. The van der Waals surface area contributed by atoms with E-state index in [0.717, 1.165) is 0 Å². The summed E-state index contributed by atoms with van der Waals surface area (Å²) in [4.78, 5) is 11.3. The Morgan fingerprint density at radius 2 is 2.12 bits per heavy atom. The second kappa shape index (κ2) is 6.05. The van der Waals surface area contributed by atoms with Crippen LogP contribution in [0.5, 0.6) is 0 Å². The number of carbonyl (C=O) groups is 1. The van der Waals surface area contributed by atoms with Gasteiger partial charge < -0.3 is 15.6 Å². The molecule has 0 aromatic heterocycles. The lowest BCUT2D eigenvalue weighted by molar-refractivity contribution is -0.153. The van der Waals surface area contributed by atoms with E-state index in [1.54, 1.807) is 24.3 Å². The van der Waals surface area contributed by atoms with E-state index in [0.29, 0.717) is 5.56 Å². The van der Waals surface area contributed by atoms with Crippen molar-refractivity contribution in [2.45, 2.75) is 12.1 Å². The minimum atomic E-state index is -1.36. The van der Waals surface area contributed by atoms with Crippen molar-refractivity contribution >= 4 is 5.97 Å². The molecule has 0 bridgehead atoms. The van der Waals surface area contributed by atoms with Crippen LogP contribution in [0.4, 0.5) is 0 Å². The zero-order valence-electron chi connectivity index (χ0n) is 8.87. The maximum atomic E-state index is 11.3. The summed E-state index contributed by atoms with van der Waals surface area (Å²) in [5.41, 5.74) is 6.42. The quantitative estimate of drug-likeness (QED) is 0.569. The molecule has 0 aliphatic heterocycles. The second-order valence-corrected chi connectivity index (χ2v) is 3.30. The molecule has 1 aromatic carbocycles. The van der Waals surface area contributed by atoms with Gasteiger partial charge in [0.2, 0.25) is 0 Å². The molecule has 0 spiro atoms. The Morgan fingerprint density at radius 1 is 1.50 bits per heavy atom. The molecule has 0 aliphatic rings. The number of rotatable bonds is 5. The highest BCUT2D eigenvalue weighted by Crippen LogP contribution is 2.14. The molecule has 0 aliphatic carbocycles. The summed E-state index contributed by atoms with van der Waals surface area (Å²) in [7, 11) is 0. The molecule has 0 saturated carbocycles. The molecule has 0 saturated heterocycles. The number of nitrogens with two attached hydrogens (primary N) is 1. The summed E-state index contributed by atoms with van der Waals surface area (Å²) in [6.07, 6.45) is 0.0703. The van der Waals surface area contributed by atoms with Crippen molar-refractivity contribution in [1.82, 2.24) is 0 Å². The van der Waals surface area contributed by atoms with Gasteiger partial charge in [0, 0.05) is 0 Å². The Morgan fingerprint density at radius 3 is 2.69 bits per heavy atom. The first-order valence-electron chi connectivity index (χ1n) is 4.93. The summed E-state index contributed by atoms with van der Waals surface area (Å²) in [6, 6.07) is 8.12. The van der Waals surface area contributed by atoms with Crippen LogP contribution < -0.4 is 5.73 Å². The van der Waals surface area contributed by atoms with E-state index in [1.807, 2.05) is 6.07 Å². The van der Waals surface area contributed by atoms with Gasteiger partial charge in [-0.25, -0.2) is 4.79 Å². The zero-order valence-corrected chi connectivity index (χ0v) is 8.87. The lowest BCUT2D eigenvalue weighted by Crippen LogP contribution is -2.34.